The number of pyridine rings is 1. The molecule has 3 heterocycles. The van der Waals surface area contributed by atoms with Crippen molar-refractivity contribution in [2.45, 2.75) is 19.3 Å². The number of hydrogen-bond donors (Lipinski definition) is 2. The third-order valence-corrected chi connectivity index (χ3v) is 5.91. The topological polar surface area (TPSA) is 99.4 Å². The summed E-state index contributed by atoms with van der Waals surface area (Å²) in [7, 11) is 0. The monoisotopic (exact) mass is 432 g/mol. The third kappa shape index (κ3) is 3.53. The maximum Gasteiger partial charge on any atom is 0.218 e. The predicted octanol–water partition coefficient (Wildman–Crippen LogP) is 6.30. The lowest BCUT2D eigenvalue weighted by Crippen LogP contribution is -1.97. The zero-order valence-electron chi connectivity index (χ0n) is 17.7. The van der Waals surface area contributed by atoms with Gasteiger partial charge in [0.1, 0.15) is 5.69 Å². The van der Waals surface area contributed by atoms with E-state index in [0.717, 1.165) is 52.5 Å². The molecule has 0 fully saturated rings. The number of rotatable bonds is 4. The summed E-state index contributed by atoms with van der Waals surface area (Å²) in [4.78, 5) is 16.7. The molecule has 0 saturated carbocycles. The van der Waals surface area contributed by atoms with Gasteiger partial charge in [-0.15, -0.1) is 10.2 Å². The van der Waals surface area contributed by atoms with Crippen LogP contribution < -0.4 is 0 Å². The first kappa shape index (κ1) is 19.3. The van der Waals surface area contributed by atoms with Gasteiger partial charge < -0.3 is 10.1 Å². The molecule has 0 spiro atoms. The van der Waals surface area contributed by atoms with E-state index in [2.05, 4.69) is 37.3 Å². The van der Waals surface area contributed by atoms with Crippen molar-refractivity contribution >= 4 is 22.4 Å². The van der Waals surface area contributed by atoms with Gasteiger partial charge in [-0.1, -0.05) is 42.5 Å². The number of aryl methyl sites for hydroxylation is 1. The molecule has 1 aliphatic carbocycles. The van der Waals surface area contributed by atoms with E-state index in [-0.39, 0.29) is 5.88 Å². The Labute approximate surface area is 189 Å². The molecule has 0 aliphatic heterocycles. The van der Waals surface area contributed by atoms with Crippen molar-refractivity contribution in [3.63, 3.8) is 0 Å². The largest absolute Gasteiger partial charge is 0.493 e. The number of H-pyrrole nitrogens is 1. The van der Waals surface area contributed by atoms with E-state index in [1.54, 1.807) is 6.20 Å². The fourth-order valence-corrected chi connectivity index (χ4v) is 4.28. The molecule has 0 amide bonds. The molecule has 0 bridgehead atoms. The average Bonchev–Trinajstić information content (AvgIpc) is 3.47. The smallest absolute Gasteiger partial charge is 0.218 e. The van der Waals surface area contributed by atoms with E-state index in [1.807, 2.05) is 54.6 Å². The second kappa shape index (κ2) is 7.94. The first-order valence-corrected chi connectivity index (χ1v) is 10.9. The number of aromatic amines is 1. The van der Waals surface area contributed by atoms with Gasteiger partial charge in [-0.05, 0) is 54.7 Å². The molecule has 0 atom stereocenters. The number of benzene rings is 2. The van der Waals surface area contributed by atoms with Gasteiger partial charge in [0.05, 0.1) is 11.2 Å². The number of nitrogens with zero attached hydrogens (tertiary/aromatic N) is 5. The van der Waals surface area contributed by atoms with Gasteiger partial charge in [0.25, 0.3) is 0 Å². The summed E-state index contributed by atoms with van der Waals surface area (Å²) < 4.78 is 0. The second-order valence-corrected chi connectivity index (χ2v) is 8.01. The van der Waals surface area contributed by atoms with Crippen LogP contribution in [0.5, 0.6) is 5.88 Å². The Hall–Kier alpha value is -4.39. The summed E-state index contributed by atoms with van der Waals surface area (Å²) in [5.41, 5.74) is 6.04. The van der Waals surface area contributed by atoms with E-state index in [4.69, 9.17) is 4.98 Å². The summed E-state index contributed by atoms with van der Waals surface area (Å²) in [6.45, 7) is 0. The van der Waals surface area contributed by atoms with Gasteiger partial charge >= 0.3 is 0 Å². The number of hydrogen-bond acceptors (Lipinski definition) is 6. The van der Waals surface area contributed by atoms with Crippen molar-refractivity contribution in [2.24, 2.45) is 10.2 Å². The molecule has 7 nitrogen and oxygen atoms in total. The van der Waals surface area contributed by atoms with Crippen molar-refractivity contribution in [3.8, 4) is 28.5 Å². The number of nitrogens with one attached hydrogen (secondary N) is 1. The summed E-state index contributed by atoms with van der Waals surface area (Å²) >= 11 is 0. The van der Waals surface area contributed by atoms with Crippen LogP contribution in [0.15, 0.2) is 83.2 Å². The molecule has 0 radical (unpaired) electrons. The normalized spacial score (nSPS) is 13.1. The molecule has 160 valence electrons. The highest BCUT2D eigenvalue weighted by Gasteiger charge is 2.21. The molecule has 33 heavy (non-hydrogen) atoms. The lowest BCUT2D eigenvalue weighted by atomic mass is 10.0. The van der Waals surface area contributed by atoms with Crippen LogP contribution in [0.4, 0.5) is 11.5 Å². The molecular formula is C26H20N6O. The molecule has 6 rings (SSSR count). The first-order valence-electron chi connectivity index (χ1n) is 10.9. The van der Waals surface area contributed by atoms with Crippen LogP contribution in [0.3, 0.4) is 0 Å². The van der Waals surface area contributed by atoms with Crippen LogP contribution in [-0.4, -0.2) is 25.0 Å². The van der Waals surface area contributed by atoms with Gasteiger partial charge in [0, 0.05) is 17.1 Å². The van der Waals surface area contributed by atoms with Crippen LogP contribution in [0, 0.1) is 0 Å². The number of azo groups is 1. The zero-order valence-corrected chi connectivity index (χ0v) is 17.7. The van der Waals surface area contributed by atoms with Gasteiger partial charge in [-0.2, -0.15) is 0 Å². The number of aromatic nitrogens is 4. The minimum atomic E-state index is -0.0189. The Bertz CT molecular complexity index is 1490. The molecule has 2 aromatic carbocycles. The van der Waals surface area contributed by atoms with Crippen LogP contribution in [0.25, 0.3) is 33.5 Å². The van der Waals surface area contributed by atoms with Gasteiger partial charge in [0.15, 0.2) is 17.3 Å². The Balaban J connectivity index is 1.44. The molecule has 5 aromatic rings. The Morgan fingerprint density at radius 2 is 1.73 bits per heavy atom. The standard InChI is InChI=1S/C26H20N6O/c33-26-23(19-15-17(12-13-21(19)29-26)16-7-2-1-3-8-16)31-32-24-18-9-6-11-20(18)28-25(30-24)22-10-4-5-14-27-22/h1-5,7-8,10,12-15,29,33H,6,9,11H2. The van der Waals surface area contributed by atoms with E-state index < -0.39 is 0 Å². The Morgan fingerprint density at radius 1 is 0.848 bits per heavy atom. The molecule has 3 aromatic heterocycles. The highest BCUT2D eigenvalue weighted by Crippen LogP contribution is 2.39. The maximum atomic E-state index is 10.5. The van der Waals surface area contributed by atoms with Crippen LogP contribution in [0.2, 0.25) is 0 Å². The fourth-order valence-electron chi connectivity index (χ4n) is 4.28. The molecule has 1 aliphatic rings. The second-order valence-electron chi connectivity index (χ2n) is 8.01. The van der Waals surface area contributed by atoms with Gasteiger partial charge in [-0.25, -0.2) is 9.97 Å². The average molecular weight is 432 g/mol. The van der Waals surface area contributed by atoms with Crippen LogP contribution in [-0.2, 0) is 12.8 Å². The molecule has 0 saturated heterocycles. The molecule has 7 heteroatoms. The Kier molecular flexibility index (Phi) is 4.65. The predicted molar refractivity (Wildman–Crippen MR) is 127 cm³/mol. The summed E-state index contributed by atoms with van der Waals surface area (Å²) in [5, 5.41) is 20.3. The van der Waals surface area contributed by atoms with Crippen molar-refractivity contribution in [2.75, 3.05) is 0 Å². The number of fused-ring (bicyclic) bond motifs is 2. The van der Waals surface area contributed by atoms with Crippen LogP contribution >= 0.6 is 0 Å². The fraction of sp³-hybridized carbons (Fsp3) is 0.115. The van der Waals surface area contributed by atoms with E-state index in [0.29, 0.717) is 23.0 Å². The summed E-state index contributed by atoms with van der Waals surface area (Å²) in [5.74, 6) is 1.06. The third-order valence-electron chi connectivity index (χ3n) is 5.91. The molecule has 2 N–H and O–H groups in total. The Morgan fingerprint density at radius 3 is 2.58 bits per heavy atom. The van der Waals surface area contributed by atoms with Crippen molar-refractivity contribution in [3.05, 3.63) is 84.2 Å². The minimum absolute atomic E-state index is 0.0189. The highest BCUT2D eigenvalue weighted by atomic mass is 16.3. The van der Waals surface area contributed by atoms with Gasteiger partial charge in [0.2, 0.25) is 5.88 Å². The van der Waals surface area contributed by atoms with Crippen molar-refractivity contribution < 1.29 is 5.11 Å². The number of aromatic hydroxyl groups is 1. The van der Waals surface area contributed by atoms with Gasteiger partial charge in [-0.3, -0.25) is 4.98 Å². The van der Waals surface area contributed by atoms with Crippen molar-refractivity contribution in [1.82, 2.24) is 19.9 Å². The molecular weight excluding hydrogens is 412 g/mol. The quantitative estimate of drug-likeness (QED) is 0.326. The van der Waals surface area contributed by atoms with Crippen molar-refractivity contribution in [1.29, 1.82) is 0 Å². The van der Waals surface area contributed by atoms with E-state index in [9.17, 15) is 5.11 Å². The lowest BCUT2D eigenvalue weighted by molar-refractivity contribution is 0.459. The van der Waals surface area contributed by atoms with E-state index in [1.165, 1.54) is 0 Å². The summed E-state index contributed by atoms with van der Waals surface area (Å²) in [6, 6.07) is 21.7. The highest BCUT2D eigenvalue weighted by molar-refractivity contribution is 5.97. The van der Waals surface area contributed by atoms with E-state index >= 15 is 0 Å². The molecule has 0 unspecified atom stereocenters. The van der Waals surface area contributed by atoms with Crippen LogP contribution in [0.1, 0.15) is 17.7 Å². The maximum absolute atomic E-state index is 10.5. The summed E-state index contributed by atoms with van der Waals surface area (Å²) in [6.07, 6.45) is 4.49. The zero-order chi connectivity index (χ0) is 22.2. The minimum Gasteiger partial charge on any atom is -0.493 e. The lowest BCUT2D eigenvalue weighted by Gasteiger charge is -2.06. The first-order chi connectivity index (χ1) is 16.3. The SMILES string of the molecule is Oc1[nH]c2ccc(-c3ccccc3)cc2c1N=Nc1nc(-c2ccccn2)nc2c1CCC2.